The highest BCUT2D eigenvalue weighted by Gasteiger charge is 2.44. The van der Waals surface area contributed by atoms with Crippen LogP contribution in [0.3, 0.4) is 0 Å². The Hall–Kier alpha value is -1.91. The zero-order valence-corrected chi connectivity index (χ0v) is 28.2. The van der Waals surface area contributed by atoms with Gasteiger partial charge in [-0.2, -0.15) is 0 Å². The van der Waals surface area contributed by atoms with Crippen molar-refractivity contribution in [1.82, 2.24) is 10.3 Å². The summed E-state index contributed by atoms with van der Waals surface area (Å²) in [5.74, 6) is -1.91. The molecule has 0 aliphatic carbocycles. The van der Waals surface area contributed by atoms with E-state index in [1.165, 1.54) is 0 Å². The number of ether oxygens (including phenoxy) is 2. The Labute approximate surface area is 267 Å². The molecule has 1 aromatic rings. The van der Waals surface area contributed by atoms with Gasteiger partial charge in [0, 0.05) is 5.38 Å². The lowest BCUT2D eigenvalue weighted by atomic mass is 9.73. The maximum absolute atomic E-state index is 13.7. The molecule has 2 heterocycles. The molecule has 42 heavy (non-hydrogen) atoms. The minimum atomic E-state index is -1.82. The molecule has 2 rings (SSSR count). The first-order valence-corrected chi connectivity index (χ1v) is 15.8. The van der Waals surface area contributed by atoms with E-state index >= 15 is 0 Å². The van der Waals surface area contributed by atoms with Gasteiger partial charge in [-0.3, -0.25) is 9.59 Å². The zero-order chi connectivity index (χ0) is 31.8. The number of thiazole rings is 1. The molecule has 0 aromatic carbocycles. The Morgan fingerprint density at radius 1 is 1.24 bits per heavy atom. The van der Waals surface area contributed by atoms with Gasteiger partial charge in [0.2, 0.25) is 9.70 Å². The number of ketones is 1. The van der Waals surface area contributed by atoms with Gasteiger partial charge >= 0.3 is 6.16 Å². The van der Waals surface area contributed by atoms with Crippen molar-refractivity contribution in [2.45, 2.75) is 89.8 Å². The predicted molar refractivity (Wildman–Crippen MR) is 169 cm³/mol. The number of allylic oxidation sites excluding steroid dienone is 3. The highest BCUT2D eigenvalue weighted by atomic mass is 35.6. The Balaban J connectivity index is 2.40. The molecule has 0 saturated heterocycles. The van der Waals surface area contributed by atoms with Crippen molar-refractivity contribution in [2.24, 2.45) is 17.3 Å². The van der Waals surface area contributed by atoms with E-state index < -0.39 is 46.0 Å². The molecule has 1 aliphatic heterocycles. The van der Waals surface area contributed by atoms with Crippen molar-refractivity contribution < 1.29 is 29.0 Å². The van der Waals surface area contributed by atoms with E-state index in [4.69, 9.17) is 44.3 Å². The molecular formula is C30H41Cl3N2O6S. The van der Waals surface area contributed by atoms with Crippen molar-refractivity contribution >= 4 is 70.1 Å². The van der Waals surface area contributed by atoms with Crippen molar-refractivity contribution in [2.75, 3.05) is 6.61 Å². The number of aromatic nitrogens is 1. The molecule has 12 heteroatoms. The first-order valence-electron chi connectivity index (χ1n) is 13.8. The number of aliphatic hydroxyl groups excluding tert-OH is 1. The number of aryl methyl sites for hydroxylation is 1. The molecule has 0 saturated carbocycles. The van der Waals surface area contributed by atoms with E-state index in [0.717, 1.165) is 21.8 Å². The number of Topliss-reactive ketones (excluding diaryl/α,β-unsaturated/α-hetero) is 1. The molecule has 1 aromatic heterocycles. The van der Waals surface area contributed by atoms with Gasteiger partial charge in [0.1, 0.15) is 18.5 Å². The van der Waals surface area contributed by atoms with Crippen LogP contribution in [0.25, 0.3) is 6.08 Å². The summed E-state index contributed by atoms with van der Waals surface area (Å²) in [6.45, 7) is 11.9. The summed E-state index contributed by atoms with van der Waals surface area (Å²) in [5, 5.41) is 17.0. The smallest absolute Gasteiger partial charge is 0.430 e. The van der Waals surface area contributed by atoms with Gasteiger partial charge in [0.25, 0.3) is 0 Å². The molecule has 0 fully saturated rings. The number of carbonyl (C=O) groups is 3. The normalized spacial score (nSPS) is 26.8. The third-order valence-corrected chi connectivity index (χ3v) is 8.48. The van der Waals surface area contributed by atoms with Crippen LogP contribution in [0.2, 0.25) is 0 Å². The summed E-state index contributed by atoms with van der Waals surface area (Å²) in [4.78, 5) is 43.8. The SMILES string of the molecule is CC1=CCC(C(C)=Cc2csc(C)n2)NC(=O)C[C@H](O)C(C)(C)C(=O)[C@H](C)[C@@H](OC(=O)OCC(Cl)(Cl)Cl)[C@@H](C)CC=C1. The number of alkyl halides is 3. The Morgan fingerprint density at radius 2 is 1.90 bits per heavy atom. The summed E-state index contributed by atoms with van der Waals surface area (Å²) < 4.78 is 8.70. The first kappa shape index (κ1) is 36.3. The van der Waals surface area contributed by atoms with Gasteiger partial charge in [-0.05, 0) is 51.2 Å². The minimum absolute atomic E-state index is 0.292. The number of aliphatic hydroxyl groups is 1. The highest BCUT2D eigenvalue weighted by Crippen LogP contribution is 2.33. The first-order chi connectivity index (χ1) is 19.4. The van der Waals surface area contributed by atoms with Gasteiger partial charge < -0.3 is 19.9 Å². The van der Waals surface area contributed by atoms with Crippen LogP contribution in [0, 0.1) is 24.2 Å². The predicted octanol–water partition coefficient (Wildman–Crippen LogP) is 7.15. The third-order valence-electron chi connectivity index (χ3n) is 7.36. The number of carbonyl (C=O) groups excluding carboxylic acids is 3. The van der Waals surface area contributed by atoms with Crippen LogP contribution in [-0.2, 0) is 19.1 Å². The molecule has 234 valence electrons. The number of nitrogens with zero attached hydrogens (tertiary/aromatic N) is 1. The van der Waals surface area contributed by atoms with E-state index in [0.29, 0.717) is 12.8 Å². The molecule has 1 amide bonds. The highest BCUT2D eigenvalue weighted by molar-refractivity contribution is 7.09. The Kier molecular flexibility index (Phi) is 13.6. The maximum atomic E-state index is 13.7. The van der Waals surface area contributed by atoms with Crippen molar-refractivity contribution in [1.29, 1.82) is 0 Å². The second-order valence-corrected chi connectivity index (χ2v) is 15.0. The van der Waals surface area contributed by atoms with Crippen LogP contribution in [0.15, 0.2) is 34.8 Å². The number of halogens is 3. The molecule has 1 unspecified atom stereocenters. The number of amides is 1. The van der Waals surface area contributed by atoms with E-state index in [1.54, 1.807) is 32.1 Å². The molecule has 0 spiro atoms. The standard InChI is InChI=1S/C30H41Cl3N2O6S/c1-17-9-8-10-18(2)26(41-28(39)40-16-30(31,32)33)20(4)27(38)29(6,7)24(36)14-25(37)35-23(12-11-17)19(3)13-22-15-42-21(5)34-22/h8-9,11,13,15,18,20,23-24,26,36H,10,12,14,16H2,1-7H3,(H,35,37)/t18-,20+,23?,24-,26-/m0/s1. The quantitative estimate of drug-likeness (QED) is 0.260. The second-order valence-electron chi connectivity index (χ2n) is 11.4. The van der Waals surface area contributed by atoms with Crippen LogP contribution in [0.4, 0.5) is 4.79 Å². The van der Waals surface area contributed by atoms with Crippen LogP contribution in [0.5, 0.6) is 0 Å². The molecule has 2 N–H and O–H groups in total. The Bertz CT molecular complexity index is 1200. The van der Waals surface area contributed by atoms with Gasteiger partial charge in [-0.25, -0.2) is 9.78 Å². The number of hydrogen-bond donors (Lipinski definition) is 2. The fourth-order valence-corrected chi connectivity index (χ4v) is 5.43. The fourth-order valence-electron chi connectivity index (χ4n) is 4.69. The third kappa shape index (κ3) is 11.3. The average molecular weight is 664 g/mol. The van der Waals surface area contributed by atoms with Crippen molar-refractivity contribution in [3.8, 4) is 0 Å². The summed E-state index contributed by atoms with van der Waals surface area (Å²) in [5.41, 5.74) is 1.37. The van der Waals surface area contributed by atoms with Crippen LogP contribution in [0.1, 0.15) is 71.5 Å². The lowest BCUT2D eigenvalue weighted by molar-refractivity contribution is -0.143. The fraction of sp³-hybridized carbons (Fsp3) is 0.600. The summed E-state index contributed by atoms with van der Waals surface area (Å²) >= 11 is 18.6. The molecule has 5 atom stereocenters. The van der Waals surface area contributed by atoms with Crippen molar-refractivity contribution in [3.63, 3.8) is 0 Å². The van der Waals surface area contributed by atoms with Crippen LogP contribution in [-0.4, -0.2) is 56.6 Å². The van der Waals surface area contributed by atoms with Crippen LogP contribution < -0.4 is 5.32 Å². The molecule has 8 nitrogen and oxygen atoms in total. The number of rotatable bonds is 4. The van der Waals surface area contributed by atoms with Crippen molar-refractivity contribution in [3.05, 3.63) is 45.5 Å². The number of hydrogen-bond acceptors (Lipinski definition) is 8. The second kappa shape index (κ2) is 15.7. The number of nitrogens with one attached hydrogen (secondary N) is 1. The average Bonchev–Trinajstić information content (AvgIpc) is 3.30. The van der Waals surface area contributed by atoms with Gasteiger partial charge in [-0.1, -0.05) is 86.3 Å². The largest absolute Gasteiger partial charge is 0.508 e. The lowest BCUT2D eigenvalue weighted by Gasteiger charge is -2.35. The molecular weight excluding hydrogens is 623 g/mol. The van der Waals surface area contributed by atoms with Gasteiger partial charge in [-0.15, -0.1) is 11.3 Å². The topological polar surface area (TPSA) is 115 Å². The van der Waals surface area contributed by atoms with E-state index in [2.05, 4.69) is 10.3 Å². The Morgan fingerprint density at radius 3 is 2.50 bits per heavy atom. The summed E-state index contributed by atoms with van der Waals surface area (Å²) in [6, 6.07) is -0.337. The lowest BCUT2D eigenvalue weighted by Crippen LogP contribution is -2.48. The monoisotopic (exact) mass is 662 g/mol. The van der Waals surface area contributed by atoms with E-state index in [9.17, 15) is 19.5 Å². The molecule has 0 radical (unpaired) electrons. The zero-order valence-electron chi connectivity index (χ0n) is 25.1. The van der Waals surface area contributed by atoms with E-state index in [1.807, 2.05) is 57.4 Å². The molecule has 1 aliphatic rings. The summed E-state index contributed by atoms with van der Waals surface area (Å²) in [7, 11) is 0. The van der Waals surface area contributed by atoms with Gasteiger partial charge in [0.05, 0.1) is 40.6 Å². The maximum Gasteiger partial charge on any atom is 0.508 e. The van der Waals surface area contributed by atoms with E-state index in [-0.39, 0.29) is 24.2 Å². The molecule has 0 bridgehead atoms. The minimum Gasteiger partial charge on any atom is -0.430 e. The summed E-state index contributed by atoms with van der Waals surface area (Å²) in [6.07, 6.45) is 5.28. The van der Waals surface area contributed by atoms with Crippen LogP contribution >= 0.6 is 46.1 Å². The van der Waals surface area contributed by atoms with Gasteiger partial charge in [0.15, 0.2) is 0 Å².